The summed E-state index contributed by atoms with van der Waals surface area (Å²) >= 11 is 0. The van der Waals surface area contributed by atoms with Gasteiger partial charge in [0.1, 0.15) is 91.6 Å². The fourth-order valence-corrected chi connectivity index (χ4v) is 5.41. The molecular weight excluding hydrogens is 608 g/mol. The zero-order valence-corrected chi connectivity index (χ0v) is 23.3. The van der Waals surface area contributed by atoms with Crippen molar-refractivity contribution < 1.29 is 99.5 Å². The molecule has 0 radical (unpaired) electrons. The van der Waals surface area contributed by atoms with Gasteiger partial charge in [0, 0.05) is 0 Å². The van der Waals surface area contributed by atoms with Crippen LogP contribution in [0.3, 0.4) is 0 Å². The van der Waals surface area contributed by atoms with Crippen molar-refractivity contribution in [3.05, 3.63) is 0 Å². The number of ether oxygens (including phenoxy) is 7. The Balaban J connectivity index is 1.38. The molecule has 4 saturated heterocycles. The second kappa shape index (κ2) is 15.0. The Bertz CT molecular complexity index is 898. The van der Waals surface area contributed by atoms with Crippen molar-refractivity contribution in [2.24, 2.45) is 0 Å². The molecule has 20 nitrogen and oxygen atoms in total. The lowest BCUT2D eigenvalue weighted by atomic mass is 9.96. The molecule has 4 aliphatic heterocycles. The molecule has 0 aliphatic carbocycles. The molecule has 20 heteroatoms. The summed E-state index contributed by atoms with van der Waals surface area (Å²) < 4.78 is 37.7. The summed E-state index contributed by atoms with van der Waals surface area (Å²) in [4.78, 5) is 0. The zero-order valence-electron chi connectivity index (χ0n) is 23.3. The topological polar surface area (TPSA) is 328 Å². The van der Waals surface area contributed by atoms with Gasteiger partial charge in [-0.2, -0.15) is 0 Å². The number of hydrogen-bond acceptors (Lipinski definition) is 20. The van der Waals surface area contributed by atoms with Crippen LogP contribution in [-0.2, 0) is 33.2 Å². The summed E-state index contributed by atoms with van der Waals surface area (Å²) in [6.45, 7) is -0.742. The largest absolute Gasteiger partial charge is 0.394 e. The van der Waals surface area contributed by atoms with Crippen molar-refractivity contribution in [1.82, 2.24) is 0 Å². The number of aliphatic hydroxyl groups excluding tert-OH is 13. The highest BCUT2D eigenvalue weighted by Gasteiger charge is 2.53. The first-order valence-electron chi connectivity index (χ1n) is 14.0. The van der Waals surface area contributed by atoms with E-state index in [2.05, 4.69) is 0 Å². The van der Waals surface area contributed by atoms with E-state index in [0.717, 1.165) is 0 Å². The molecule has 4 aliphatic rings. The quantitative estimate of drug-likeness (QED) is 0.110. The average molecular weight is 651 g/mol. The third-order valence-corrected chi connectivity index (χ3v) is 8.14. The van der Waals surface area contributed by atoms with Crippen molar-refractivity contribution in [2.45, 2.75) is 130 Å². The first-order chi connectivity index (χ1) is 20.7. The van der Waals surface area contributed by atoms with Crippen molar-refractivity contribution in [1.29, 1.82) is 0 Å². The van der Waals surface area contributed by atoms with E-state index in [9.17, 15) is 66.4 Å². The maximum atomic E-state index is 10.9. The van der Waals surface area contributed by atoms with Gasteiger partial charge in [0.25, 0.3) is 0 Å². The van der Waals surface area contributed by atoms with E-state index in [0.29, 0.717) is 0 Å². The summed E-state index contributed by atoms with van der Waals surface area (Å²) in [6.07, 6.45) is -33.3. The van der Waals surface area contributed by atoms with Gasteiger partial charge in [0.2, 0.25) is 0 Å². The van der Waals surface area contributed by atoms with E-state index in [1.54, 1.807) is 0 Å². The van der Waals surface area contributed by atoms with Crippen LogP contribution in [-0.4, -0.2) is 209 Å². The average Bonchev–Trinajstić information content (AvgIpc) is 3.00. The minimum absolute atomic E-state index is 0.643. The Kier molecular flexibility index (Phi) is 12.3. The predicted molar refractivity (Wildman–Crippen MR) is 132 cm³/mol. The van der Waals surface area contributed by atoms with Crippen molar-refractivity contribution in [3.8, 4) is 0 Å². The van der Waals surface area contributed by atoms with Crippen molar-refractivity contribution in [3.63, 3.8) is 0 Å². The maximum Gasteiger partial charge on any atom is 0.187 e. The van der Waals surface area contributed by atoms with E-state index in [1.807, 2.05) is 0 Å². The molecule has 258 valence electrons. The van der Waals surface area contributed by atoms with Gasteiger partial charge in [-0.1, -0.05) is 0 Å². The Morgan fingerprint density at radius 1 is 0.455 bits per heavy atom. The Morgan fingerprint density at radius 3 is 1.50 bits per heavy atom. The molecule has 0 aromatic heterocycles. The van der Waals surface area contributed by atoms with Crippen LogP contribution in [0.4, 0.5) is 0 Å². The van der Waals surface area contributed by atoms with Crippen LogP contribution in [0, 0.1) is 0 Å². The molecule has 4 fully saturated rings. The van der Waals surface area contributed by atoms with Crippen LogP contribution in [0.2, 0.25) is 0 Å². The van der Waals surface area contributed by atoms with E-state index in [1.165, 1.54) is 6.92 Å². The molecule has 1 unspecified atom stereocenters. The Morgan fingerprint density at radius 2 is 0.932 bits per heavy atom. The molecule has 0 amide bonds. The lowest BCUT2D eigenvalue weighted by Gasteiger charge is -2.47. The number of aliphatic hydroxyl groups is 13. The van der Waals surface area contributed by atoms with Gasteiger partial charge in [0.05, 0.1) is 25.9 Å². The molecule has 0 saturated carbocycles. The van der Waals surface area contributed by atoms with Crippen LogP contribution < -0.4 is 0 Å². The van der Waals surface area contributed by atoms with Gasteiger partial charge in [-0.05, 0) is 6.92 Å². The fourth-order valence-electron chi connectivity index (χ4n) is 5.41. The van der Waals surface area contributed by atoms with Gasteiger partial charge < -0.3 is 99.5 Å². The summed E-state index contributed by atoms with van der Waals surface area (Å²) in [5.41, 5.74) is 0. The minimum Gasteiger partial charge on any atom is -0.394 e. The summed E-state index contributed by atoms with van der Waals surface area (Å²) in [7, 11) is 0. The molecule has 0 aromatic rings. The first kappa shape index (κ1) is 36.0. The van der Waals surface area contributed by atoms with Gasteiger partial charge in [0.15, 0.2) is 25.2 Å². The lowest BCUT2D eigenvalue weighted by Crippen LogP contribution is -2.66. The Labute approximate surface area is 249 Å². The highest BCUT2D eigenvalue weighted by Crippen LogP contribution is 2.32. The van der Waals surface area contributed by atoms with E-state index in [-0.39, 0.29) is 0 Å². The number of rotatable bonds is 9. The Hall–Kier alpha value is -0.800. The van der Waals surface area contributed by atoms with E-state index >= 15 is 0 Å². The van der Waals surface area contributed by atoms with E-state index in [4.69, 9.17) is 33.2 Å². The normalized spacial score (nSPS) is 53.9. The molecule has 4 rings (SSSR count). The summed E-state index contributed by atoms with van der Waals surface area (Å²) in [5, 5.41) is 132. The highest BCUT2D eigenvalue weighted by molar-refractivity contribution is 4.96. The zero-order chi connectivity index (χ0) is 32.6. The van der Waals surface area contributed by atoms with E-state index < -0.39 is 143 Å². The van der Waals surface area contributed by atoms with Gasteiger partial charge in [-0.15, -0.1) is 0 Å². The number of hydrogen-bond donors (Lipinski definition) is 13. The third-order valence-electron chi connectivity index (χ3n) is 8.14. The molecule has 0 aromatic carbocycles. The van der Waals surface area contributed by atoms with Crippen molar-refractivity contribution in [2.75, 3.05) is 19.8 Å². The molecule has 44 heavy (non-hydrogen) atoms. The van der Waals surface area contributed by atoms with Crippen LogP contribution >= 0.6 is 0 Å². The van der Waals surface area contributed by atoms with Crippen LogP contribution in [0.15, 0.2) is 0 Å². The molecular formula is C24H42O20. The molecule has 13 N–H and O–H groups in total. The lowest BCUT2D eigenvalue weighted by molar-refractivity contribution is -0.376. The monoisotopic (exact) mass is 650 g/mol. The van der Waals surface area contributed by atoms with Crippen molar-refractivity contribution >= 4 is 0 Å². The molecule has 0 bridgehead atoms. The maximum absolute atomic E-state index is 10.9. The second-order valence-electron chi connectivity index (χ2n) is 11.2. The van der Waals surface area contributed by atoms with Gasteiger partial charge in [-0.3, -0.25) is 0 Å². The first-order valence-corrected chi connectivity index (χ1v) is 14.0. The van der Waals surface area contributed by atoms with Crippen LogP contribution in [0.5, 0.6) is 0 Å². The fraction of sp³-hybridized carbons (Fsp3) is 1.00. The second-order valence-corrected chi connectivity index (χ2v) is 11.2. The SMILES string of the molecule is C[C@@H]1O[C@@H](O[C@H]2[C@@H](O)[C@@H](CO[C@H]3O[C@H](CO)[C@@H](O)[C@H](O)[C@H]3O)OC(O)[C@@H]2O)[C@H](O)[C@H](O)[C@H]1O[C@@H]1O[C@H](CO)[C@@H](O)[C@H](O)[C@@H]1O. The van der Waals surface area contributed by atoms with Crippen LogP contribution in [0.1, 0.15) is 6.92 Å². The minimum atomic E-state index is -1.97. The molecule has 0 spiro atoms. The predicted octanol–water partition coefficient (Wildman–Crippen LogP) is -8.72. The standard InChI is InChI=1S/C24H42O20/c1-5-19(43-24-16(34)13(31)10(28)7(3-26)42-24)14(32)17(35)23(39-5)44-20-11(29)8(40-21(37)18(20)36)4-38-22-15(33)12(30)9(27)6(2-25)41-22/h5-37H,2-4H2,1H3/t5-,6+,7+,8+,9+,10+,11-,12-,13-,14-,15+,16-,17+,18+,19-,20-,21?,22-,23-,24-/m0/s1. The molecule has 20 atom stereocenters. The van der Waals surface area contributed by atoms with Gasteiger partial charge >= 0.3 is 0 Å². The van der Waals surface area contributed by atoms with Crippen LogP contribution in [0.25, 0.3) is 0 Å². The highest BCUT2D eigenvalue weighted by atomic mass is 16.8. The third kappa shape index (κ3) is 7.19. The van der Waals surface area contributed by atoms with Gasteiger partial charge in [-0.25, -0.2) is 0 Å². The molecule has 4 heterocycles. The summed E-state index contributed by atoms with van der Waals surface area (Å²) in [6, 6.07) is 0. The smallest absolute Gasteiger partial charge is 0.187 e. The summed E-state index contributed by atoms with van der Waals surface area (Å²) in [5.74, 6) is 0.